The van der Waals surface area contributed by atoms with E-state index < -0.39 is 0 Å². The Kier molecular flexibility index (Phi) is 4.63. The van der Waals surface area contributed by atoms with E-state index in [1.54, 1.807) is 0 Å². The maximum atomic E-state index is 4.72. The van der Waals surface area contributed by atoms with E-state index in [2.05, 4.69) is 58.7 Å². The topological polar surface area (TPSA) is 28.2 Å². The average Bonchev–Trinajstić information content (AvgIpc) is 2.97. The second-order valence-corrected chi connectivity index (χ2v) is 5.78. The fourth-order valence-electron chi connectivity index (χ4n) is 3.10. The summed E-state index contributed by atoms with van der Waals surface area (Å²) >= 11 is 0. The van der Waals surface area contributed by atoms with E-state index >= 15 is 0 Å². The molecule has 21 heavy (non-hydrogen) atoms. The van der Waals surface area contributed by atoms with Gasteiger partial charge in [0.15, 0.2) is 0 Å². The number of benzene rings is 1. The number of nitrogens with one attached hydrogen (secondary N) is 1. The molecule has 0 amide bonds. The zero-order valence-electron chi connectivity index (χ0n) is 12.6. The molecule has 1 fully saturated rings. The first kappa shape index (κ1) is 14.2. The van der Waals surface area contributed by atoms with Gasteiger partial charge in [0.25, 0.3) is 0 Å². The SMILES string of the molecule is CNCc1cccc(CN2CCC(c3ccccc3)C2)n1. The third-order valence-electron chi connectivity index (χ3n) is 4.15. The van der Waals surface area contributed by atoms with Crippen LogP contribution in [0.4, 0.5) is 0 Å². The third kappa shape index (κ3) is 3.69. The normalized spacial score (nSPS) is 19.0. The molecule has 0 radical (unpaired) electrons. The van der Waals surface area contributed by atoms with Crippen molar-refractivity contribution in [2.75, 3.05) is 20.1 Å². The molecule has 3 heteroatoms. The highest BCUT2D eigenvalue weighted by atomic mass is 15.2. The monoisotopic (exact) mass is 281 g/mol. The van der Waals surface area contributed by atoms with E-state index in [0.717, 1.165) is 31.9 Å². The van der Waals surface area contributed by atoms with Crippen LogP contribution in [-0.4, -0.2) is 30.0 Å². The summed E-state index contributed by atoms with van der Waals surface area (Å²) in [6, 6.07) is 17.2. The highest BCUT2D eigenvalue weighted by Crippen LogP contribution is 2.27. The summed E-state index contributed by atoms with van der Waals surface area (Å²) in [5.74, 6) is 0.673. The predicted molar refractivity (Wildman–Crippen MR) is 86.1 cm³/mol. The second-order valence-electron chi connectivity index (χ2n) is 5.78. The minimum absolute atomic E-state index is 0.673. The van der Waals surface area contributed by atoms with Crippen LogP contribution in [0.3, 0.4) is 0 Å². The van der Waals surface area contributed by atoms with Crippen molar-refractivity contribution in [3.63, 3.8) is 0 Å². The highest BCUT2D eigenvalue weighted by Gasteiger charge is 2.23. The quantitative estimate of drug-likeness (QED) is 0.913. The molecule has 110 valence electrons. The Morgan fingerprint density at radius 3 is 2.71 bits per heavy atom. The standard InChI is InChI=1S/C18H23N3/c1-19-12-17-8-5-9-18(20-17)14-21-11-10-16(13-21)15-6-3-2-4-7-15/h2-9,16,19H,10-14H2,1H3. The lowest BCUT2D eigenvalue weighted by Gasteiger charge is -2.16. The zero-order valence-corrected chi connectivity index (χ0v) is 12.6. The van der Waals surface area contributed by atoms with Crippen LogP contribution in [0.15, 0.2) is 48.5 Å². The first-order chi connectivity index (χ1) is 10.3. The van der Waals surface area contributed by atoms with Crippen LogP contribution >= 0.6 is 0 Å². The number of hydrogen-bond acceptors (Lipinski definition) is 3. The number of likely N-dealkylation sites (tertiary alicyclic amines) is 1. The van der Waals surface area contributed by atoms with Crippen molar-refractivity contribution >= 4 is 0 Å². The largest absolute Gasteiger partial charge is 0.314 e. The summed E-state index contributed by atoms with van der Waals surface area (Å²) in [7, 11) is 1.96. The molecule has 1 saturated heterocycles. The average molecular weight is 281 g/mol. The maximum absolute atomic E-state index is 4.72. The van der Waals surface area contributed by atoms with Crippen molar-refractivity contribution < 1.29 is 0 Å². The zero-order chi connectivity index (χ0) is 14.5. The van der Waals surface area contributed by atoms with Gasteiger partial charge in [-0.2, -0.15) is 0 Å². The summed E-state index contributed by atoms with van der Waals surface area (Å²) in [6.45, 7) is 4.10. The minimum Gasteiger partial charge on any atom is -0.314 e. The van der Waals surface area contributed by atoms with Crippen molar-refractivity contribution in [3.05, 3.63) is 65.5 Å². The molecular weight excluding hydrogens is 258 g/mol. The lowest BCUT2D eigenvalue weighted by molar-refractivity contribution is 0.322. The van der Waals surface area contributed by atoms with Crippen molar-refractivity contribution in [2.45, 2.75) is 25.4 Å². The van der Waals surface area contributed by atoms with Crippen LogP contribution in [0.1, 0.15) is 29.3 Å². The second kappa shape index (κ2) is 6.83. The van der Waals surface area contributed by atoms with E-state index in [4.69, 9.17) is 4.98 Å². The number of nitrogens with zero attached hydrogens (tertiary/aromatic N) is 2. The molecule has 0 aliphatic carbocycles. The Bertz CT molecular complexity index is 568. The van der Waals surface area contributed by atoms with Crippen molar-refractivity contribution in [1.29, 1.82) is 0 Å². The Balaban J connectivity index is 1.61. The fraction of sp³-hybridized carbons (Fsp3) is 0.389. The van der Waals surface area contributed by atoms with Gasteiger partial charge in [0.2, 0.25) is 0 Å². The third-order valence-corrected chi connectivity index (χ3v) is 4.15. The van der Waals surface area contributed by atoms with Crippen molar-refractivity contribution in [3.8, 4) is 0 Å². The molecule has 1 aliphatic rings. The first-order valence-corrected chi connectivity index (χ1v) is 7.72. The van der Waals surface area contributed by atoms with Gasteiger partial charge in [0.1, 0.15) is 0 Å². The minimum atomic E-state index is 0.673. The molecule has 2 heterocycles. The highest BCUT2D eigenvalue weighted by molar-refractivity contribution is 5.21. The summed E-state index contributed by atoms with van der Waals surface area (Å²) in [5.41, 5.74) is 3.77. The number of aromatic nitrogens is 1. The summed E-state index contributed by atoms with van der Waals surface area (Å²) in [4.78, 5) is 7.24. The van der Waals surface area contributed by atoms with Crippen LogP contribution in [0.25, 0.3) is 0 Å². The first-order valence-electron chi connectivity index (χ1n) is 7.72. The Morgan fingerprint density at radius 1 is 1.10 bits per heavy atom. The predicted octanol–water partition coefficient (Wildman–Crippen LogP) is 2.79. The molecule has 1 aliphatic heterocycles. The summed E-state index contributed by atoms with van der Waals surface area (Å²) in [5, 5.41) is 3.16. The number of hydrogen-bond donors (Lipinski definition) is 1. The van der Waals surface area contributed by atoms with Gasteiger partial charge in [-0.3, -0.25) is 9.88 Å². The van der Waals surface area contributed by atoms with Gasteiger partial charge in [-0.15, -0.1) is 0 Å². The van der Waals surface area contributed by atoms with Crippen molar-refractivity contribution in [1.82, 2.24) is 15.2 Å². The van der Waals surface area contributed by atoms with Crippen LogP contribution in [-0.2, 0) is 13.1 Å². The van der Waals surface area contributed by atoms with E-state index in [1.165, 1.54) is 17.7 Å². The van der Waals surface area contributed by atoms with Gasteiger partial charge in [-0.05, 0) is 43.6 Å². The molecule has 0 spiro atoms. The Labute approximate surface area is 127 Å². The van der Waals surface area contributed by atoms with E-state index in [0.29, 0.717) is 5.92 Å². The summed E-state index contributed by atoms with van der Waals surface area (Å²) in [6.07, 6.45) is 1.25. The molecular formula is C18H23N3. The van der Waals surface area contributed by atoms with E-state index in [-0.39, 0.29) is 0 Å². The van der Waals surface area contributed by atoms with Gasteiger partial charge >= 0.3 is 0 Å². The molecule has 1 atom stereocenters. The molecule has 3 rings (SSSR count). The lowest BCUT2D eigenvalue weighted by Crippen LogP contribution is -2.21. The van der Waals surface area contributed by atoms with Crippen LogP contribution in [0.2, 0.25) is 0 Å². The molecule has 1 aromatic heterocycles. The Morgan fingerprint density at radius 2 is 1.90 bits per heavy atom. The van der Waals surface area contributed by atoms with Gasteiger partial charge in [0, 0.05) is 19.6 Å². The van der Waals surface area contributed by atoms with E-state index in [9.17, 15) is 0 Å². The van der Waals surface area contributed by atoms with Crippen LogP contribution < -0.4 is 5.32 Å². The van der Waals surface area contributed by atoms with Gasteiger partial charge < -0.3 is 5.32 Å². The molecule has 1 unspecified atom stereocenters. The Hall–Kier alpha value is -1.71. The summed E-state index contributed by atoms with van der Waals surface area (Å²) < 4.78 is 0. The molecule has 0 bridgehead atoms. The van der Waals surface area contributed by atoms with Crippen LogP contribution in [0, 0.1) is 0 Å². The molecule has 1 aromatic carbocycles. The lowest BCUT2D eigenvalue weighted by atomic mass is 9.99. The smallest absolute Gasteiger partial charge is 0.0547 e. The van der Waals surface area contributed by atoms with Gasteiger partial charge in [-0.1, -0.05) is 36.4 Å². The number of pyridine rings is 1. The fourth-order valence-corrected chi connectivity index (χ4v) is 3.10. The molecule has 1 N–H and O–H groups in total. The van der Waals surface area contributed by atoms with Gasteiger partial charge in [-0.25, -0.2) is 0 Å². The molecule has 3 nitrogen and oxygen atoms in total. The maximum Gasteiger partial charge on any atom is 0.0547 e. The van der Waals surface area contributed by atoms with Crippen LogP contribution in [0.5, 0.6) is 0 Å². The van der Waals surface area contributed by atoms with Crippen molar-refractivity contribution in [2.24, 2.45) is 0 Å². The molecule has 2 aromatic rings. The van der Waals surface area contributed by atoms with E-state index in [1.807, 2.05) is 7.05 Å². The number of rotatable bonds is 5. The molecule has 0 saturated carbocycles. The van der Waals surface area contributed by atoms with Gasteiger partial charge in [0.05, 0.1) is 11.4 Å².